The highest BCUT2D eigenvalue weighted by molar-refractivity contribution is 5.95. The first-order valence-corrected chi connectivity index (χ1v) is 8.93. The van der Waals surface area contributed by atoms with Crippen LogP contribution >= 0.6 is 0 Å². The van der Waals surface area contributed by atoms with Gasteiger partial charge in [0.15, 0.2) is 0 Å². The van der Waals surface area contributed by atoms with Gasteiger partial charge < -0.3 is 20.9 Å². The van der Waals surface area contributed by atoms with Crippen LogP contribution in [0, 0.1) is 5.82 Å². The second-order valence-corrected chi connectivity index (χ2v) is 6.90. The normalized spacial score (nSPS) is 18.9. The highest BCUT2D eigenvalue weighted by Crippen LogP contribution is 2.28. The molecular weight excluding hydrogens is 323 g/mol. The zero-order valence-corrected chi connectivity index (χ0v) is 14.5. The van der Waals surface area contributed by atoms with Gasteiger partial charge in [0.05, 0.1) is 5.69 Å². The molecule has 2 aliphatic rings. The SMILES string of the molecule is C[C@H](CN1CCCCC1)NC(=O)Nc1cc2c(cc1F)NC(=O)CC2. The van der Waals surface area contributed by atoms with Crippen LogP contribution in [0.2, 0.25) is 0 Å². The second kappa shape index (κ2) is 7.82. The molecule has 25 heavy (non-hydrogen) atoms. The third-order valence-electron chi connectivity index (χ3n) is 4.69. The number of anilines is 2. The number of amides is 3. The van der Waals surface area contributed by atoms with Crippen molar-refractivity contribution < 1.29 is 14.0 Å². The maximum Gasteiger partial charge on any atom is 0.319 e. The summed E-state index contributed by atoms with van der Waals surface area (Å²) in [5, 5.41) is 8.09. The van der Waals surface area contributed by atoms with Crippen molar-refractivity contribution in [2.75, 3.05) is 30.3 Å². The van der Waals surface area contributed by atoms with Crippen LogP contribution in [-0.2, 0) is 11.2 Å². The first-order chi connectivity index (χ1) is 12.0. The minimum atomic E-state index is -0.556. The van der Waals surface area contributed by atoms with Crippen LogP contribution < -0.4 is 16.0 Å². The van der Waals surface area contributed by atoms with Crippen molar-refractivity contribution in [3.8, 4) is 0 Å². The molecule has 0 unspecified atom stereocenters. The molecule has 1 aromatic rings. The molecule has 0 bridgehead atoms. The smallest absolute Gasteiger partial charge is 0.319 e. The number of nitrogens with zero attached hydrogens (tertiary/aromatic N) is 1. The van der Waals surface area contributed by atoms with Gasteiger partial charge in [-0.3, -0.25) is 4.79 Å². The van der Waals surface area contributed by atoms with Gasteiger partial charge in [0, 0.05) is 24.7 Å². The Bertz CT molecular complexity index is 659. The topological polar surface area (TPSA) is 73.5 Å². The van der Waals surface area contributed by atoms with Crippen LogP contribution in [0.1, 0.15) is 38.2 Å². The van der Waals surface area contributed by atoms with E-state index in [1.54, 1.807) is 6.07 Å². The molecule has 3 N–H and O–H groups in total. The number of carbonyl (C=O) groups is 2. The zero-order chi connectivity index (χ0) is 17.8. The van der Waals surface area contributed by atoms with Gasteiger partial charge in [-0.05, 0) is 57.0 Å². The summed E-state index contributed by atoms with van der Waals surface area (Å²) in [5.74, 6) is -0.670. The van der Waals surface area contributed by atoms with E-state index in [0.29, 0.717) is 18.5 Å². The van der Waals surface area contributed by atoms with Crippen molar-refractivity contribution in [3.05, 3.63) is 23.5 Å². The molecule has 1 aromatic carbocycles. The molecule has 7 heteroatoms. The number of rotatable bonds is 4. The largest absolute Gasteiger partial charge is 0.334 e. The lowest BCUT2D eigenvalue weighted by Crippen LogP contribution is -2.45. The van der Waals surface area contributed by atoms with Gasteiger partial charge in [-0.1, -0.05) is 6.42 Å². The molecule has 1 saturated heterocycles. The standard InChI is InChI=1S/C18H25FN4O2/c1-12(11-23-7-3-2-4-8-23)20-18(25)22-16-9-13-5-6-17(24)21-15(13)10-14(16)19/h9-10,12H,2-8,11H2,1H3,(H,21,24)(H2,20,22,25)/t12-/m1/s1. The van der Waals surface area contributed by atoms with Crippen LogP contribution in [-0.4, -0.2) is 42.5 Å². The Morgan fingerprint density at radius 3 is 2.80 bits per heavy atom. The number of benzene rings is 1. The Kier molecular flexibility index (Phi) is 5.53. The summed E-state index contributed by atoms with van der Waals surface area (Å²) in [6.07, 6.45) is 4.60. The maximum atomic E-state index is 14.2. The van der Waals surface area contributed by atoms with Gasteiger partial charge in [-0.25, -0.2) is 9.18 Å². The first-order valence-electron chi connectivity index (χ1n) is 8.93. The van der Waals surface area contributed by atoms with Crippen LogP contribution in [0.15, 0.2) is 12.1 Å². The van der Waals surface area contributed by atoms with Gasteiger partial charge in [0.2, 0.25) is 5.91 Å². The predicted molar refractivity (Wildman–Crippen MR) is 95.3 cm³/mol. The maximum absolute atomic E-state index is 14.2. The van der Waals surface area contributed by atoms with E-state index in [0.717, 1.165) is 25.2 Å². The lowest BCUT2D eigenvalue weighted by atomic mass is 10.0. The number of halogens is 1. The third-order valence-corrected chi connectivity index (χ3v) is 4.69. The molecule has 1 atom stereocenters. The van der Waals surface area contributed by atoms with Crippen LogP contribution in [0.25, 0.3) is 0 Å². The number of hydrogen-bond acceptors (Lipinski definition) is 3. The summed E-state index contributed by atoms with van der Waals surface area (Å²) in [5.41, 5.74) is 1.45. The minimum Gasteiger partial charge on any atom is -0.334 e. The average Bonchev–Trinajstić information content (AvgIpc) is 2.56. The molecule has 3 amide bonds. The van der Waals surface area contributed by atoms with E-state index in [1.165, 1.54) is 25.3 Å². The van der Waals surface area contributed by atoms with Gasteiger partial charge in [-0.15, -0.1) is 0 Å². The molecule has 2 heterocycles. The summed E-state index contributed by atoms with van der Waals surface area (Å²) >= 11 is 0. The summed E-state index contributed by atoms with van der Waals surface area (Å²) in [7, 11) is 0. The van der Waals surface area contributed by atoms with Crippen LogP contribution in [0.4, 0.5) is 20.6 Å². The number of nitrogens with one attached hydrogen (secondary N) is 3. The van der Waals surface area contributed by atoms with E-state index in [1.807, 2.05) is 6.92 Å². The summed E-state index contributed by atoms with van der Waals surface area (Å²) in [6.45, 7) is 4.89. The van der Waals surface area contributed by atoms with Crippen molar-refractivity contribution in [2.45, 2.75) is 45.1 Å². The van der Waals surface area contributed by atoms with E-state index in [-0.39, 0.29) is 17.6 Å². The van der Waals surface area contributed by atoms with Gasteiger partial charge in [0.1, 0.15) is 5.82 Å². The summed E-state index contributed by atoms with van der Waals surface area (Å²) in [4.78, 5) is 25.9. The minimum absolute atomic E-state index is 0.0157. The quantitative estimate of drug-likeness (QED) is 0.783. The number of likely N-dealkylation sites (tertiary alicyclic amines) is 1. The van der Waals surface area contributed by atoms with Crippen molar-refractivity contribution in [3.63, 3.8) is 0 Å². The molecule has 0 spiro atoms. The molecule has 6 nitrogen and oxygen atoms in total. The number of carbonyl (C=O) groups excluding carboxylic acids is 2. The predicted octanol–water partition coefficient (Wildman–Crippen LogP) is 2.71. The van der Waals surface area contributed by atoms with Crippen molar-refractivity contribution in [2.24, 2.45) is 0 Å². The van der Waals surface area contributed by atoms with Crippen molar-refractivity contribution >= 4 is 23.3 Å². The molecule has 0 aliphatic carbocycles. The zero-order valence-electron chi connectivity index (χ0n) is 14.5. The molecule has 2 aliphatic heterocycles. The summed E-state index contributed by atoms with van der Waals surface area (Å²) < 4.78 is 14.2. The Balaban J connectivity index is 1.56. The molecule has 0 radical (unpaired) electrons. The number of piperidine rings is 1. The number of aryl methyl sites for hydroxylation is 1. The Morgan fingerprint density at radius 2 is 2.04 bits per heavy atom. The molecular formula is C18H25FN4O2. The molecule has 3 rings (SSSR count). The van der Waals surface area contributed by atoms with Gasteiger partial charge >= 0.3 is 6.03 Å². The average molecular weight is 348 g/mol. The number of hydrogen-bond donors (Lipinski definition) is 3. The Morgan fingerprint density at radius 1 is 1.28 bits per heavy atom. The Hall–Kier alpha value is -2.15. The van der Waals surface area contributed by atoms with Crippen molar-refractivity contribution in [1.29, 1.82) is 0 Å². The lowest BCUT2D eigenvalue weighted by Gasteiger charge is -2.29. The Labute approximate surface area is 147 Å². The fourth-order valence-corrected chi connectivity index (χ4v) is 3.46. The fraction of sp³-hybridized carbons (Fsp3) is 0.556. The third kappa shape index (κ3) is 4.69. The number of urea groups is 1. The highest BCUT2D eigenvalue weighted by atomic mass is 19.1. The van der Waals surface area contributed by atoms with Crippen LogP contribution in [0.3, 0.4) is 0 Å². The van der Waals surface area contributed by atoms with Gasteiger partial charge in [0.25, 0.3) is 0 Å². The van der Waals surface area contributed by atoms with E-state index in [2.05, 4.69) is 20.9 Å². The monoisotopic (exact) mass is 348 g/mol. The molecule has 0 saturated carbocycles. The van der Waals surface area contributed by atoms with E-state index >= 15 is 0 Å². The second-order valence-electron chi connectivity index (χ2n) is 6.90. The molecule has 136 valence electrons. The van der Waals surface area contributed by atoms with E-state index < -0.39 is 11.8 Å². The summed E-state index contributed by atoms with van der Waals surface area (Å²) in [6, 6.07) is 2.43. The lowest BCUT2D eigenvalue weighted by molar-refractivity contribution is -0.116. The first kappa shape index (κ1) is 17.7. The van der Waals surface area contributed by atoms with Gasteiger partial charge in [-0.2, -0.15) is 0 Å². The fourth-order valence-electron chi connectivity index (χ4n) is 3.46. The molecule has 1 fully saturated rings. The van der Waals surface area contributed by atoms with Crippen molar-refractivity contribution in [1.82, 2.24) is 10.2 Å². The van der Waals surface area contributed by atoms with E-state index in [9.17, 15) is 14.0 Å². The highest BCUT2D eigenvalue weighted by Gasteiger charge is 2.19. The van der Waals surface area contributed by atoms with E-state index in [4.69, 9.17) is 0 Å². The van der Waals surface area contributed by atoms with Crippen LogP contribution in [0.5, 0.6) is 0 Å². The number of fused-ring (bicyclic) bond motifs is 1. The molecule has 0 aromatic heterocycles.